The van der Waals surface area contributed by atoms with Crippen LogP contribution in [-0.2, 0) is 13.6 Å². The number of methoxy groups -OCH3 is 1. The summed E-state index contributed by atoms with van der Waals surface area (Å²) in [5.41, 5.74) is 1.33. The van der Waals surface area contributed by atoms with E-state index in [1.165, 1.54) is 22.4 Å². The number of rotatable bonds is 8. The van der Waals surface area contributed by atoms with E-state index in [1.54, 1.807) is 14.2 Å². The van der Waals surface area contributed by atoms with E-state index in [4.69, 9.17) is 4.74 Å². The maximum atomic E-state index is 13.1. The van der Waals surface area contributed by atoms with E-state index in [0.29, 0.717) is 24.1 Å². The molecule has 0 saturated carbocycles. The summed E-state index contributed by atoms with van der Waals surface area (Å²) in [6, 6.07) is 11.1. The number of hydrogen-bond donors (Lipinski definition) is 0. The van der Waals surface area contributed by atoms with Crippen LogP contribution in [0.25, 0.3) is 0 Å². The van der Waals surface area contributed by atoms with Crippen molar-refractivity contribution in [2.45, 2.75) is 33.2 Å². The SMILES string of the molecule is COc1ccccc1CN1CCC(CN(CC(C)C)C(=O)c2ccc(=O)n(C)n2)CC1. The molecular formula is C24H34N4O3. The molecule has 0 unspecified atom stereocenters. The van der Waals surface area contributed by atoms with Gasteiger partial charge in [0.25, 0.3) is 11.5 Å². The van der Waals surface area contributed by atoms with E-state index in [1.807, 2.05) is 23.1 Å². The van der Waals surface area contributed by atoms with Gasteiger partial charge < -0.3 is 9.64 Å². The predicted octanol–water partition coefficient (Wildman–Crippen LogP) is 2.80. The zero-order chi connectivity index (χ0) is 22.4. The number of hydrogen-bond acceptors (Lipinski definition) is 5. The average Bonchev–Trinajstić information content (AvgIpc) is 2.76. The van der Waals surface area contributed by atoms with Crippen molar-refractivity contribution in [1.29, 1.82) is 0 Å². The van der Waals surface area contributed by atoms with Crippen LogP contribution in [0.2, 0.25) is 0 Å². The molecule has 0 atom stereocenters. The summed E-state index contributed by atoms with van der Waals surface area (Å²) < 4.78 is 6.70. The molecular weight excluding hydrogens is 392 g/mol. The van der Waals surface area contributed by atoms with Crippen molar-refractivity contribution < 1.29 is 9.53 Å². The molecule has 1 aromatic heterocycles. The third-order valence-electron chi connectivity index (χ3n) is 5.82. The van der Waals surface area contributed by atoms with Crippen LogP contribution in [0, 0.1) is 11.8 Å². The number of carbonyl (C=O) groups excluding carboxylic acids is 1. The normalized spacial score (nSPS) is 15.3. The lowest BCUT2D eigenvalue weighted by atomic mass is 9.95. The van der Waals surface area contributed by atoms with Gasteiger partial charge in [-0.1, -0.05) is 32.0 Å². The molecule has 0 aliphatic carbocycles. The number of amides is 1. The third kappa shape index (κ3) is 6.17. The minimum absolute atomic E-state index is 0.0965. The molecule has 31 heavy (non-hydrogen) atoms. The fourth-order valence-electron chi connectivity index (χ4n) is 4.17. The first-order valence-electron chi connectivity index (χ1n) is 11.0. The number of aromatic nitrogens is 2. The van der Waals surface area contributed by atoms with Gasteiger partial charge in [-0.2, -0.15) is 5.10 Å². The number of para-hydroxylation sites is 1. The first-order valence-corrected chi connectivity index (χ1v) is 11.0. The lowest BCUT2D eigenvalue weighted by Gasteiger charge is -2.35. The minimum Gasteiger partial charge on any atom is -0.496 e. The Labute approximate surface area is 184 Å². The van der Waals surface area contributed by atoms with Crippen molar-refractivity contribution in [3.63, 3.8) is 0 Å². The van der Waals surface area contributed by atoms with Crippen molar-refractivity contribution in [2.75, 3.05) is 33.3 Å². The molecule has 0 radical (unpaired) electrons. The fraction of sp³-hybridized carbons (Fsp3) is 0.542. The van der Waals surface area contributed by atoms with Gasteiger partial charge in [-0.25, -0.2) is 4.68 Å². The Kier molecular flexibility index (Phi) is 7.85. The molecule has 0 bridgehead atoms. The van der Waals surface area contributed by atoms with Crippen molar-refractivity contribution in [3.8, 4) is 5.75 Å². The second kappa shape index (κ2) is 10.6. The van der Waals surface area contributed by atoms with Gasteiger partial charge in [-0.05, 0) is 49.9 Å². The maximum Gasteiger partial charge on any atom is 0.274 e. The van der Waals surface area contributed by atoms with E-state index >= 15 is 0 Å². The number of benzene rings is 1. The molecule has 168 valence electrons. The van der Waals surface area contributed by atoms with Gasteiger partial charge in [0, 0.05) is 38.3 Å². The van der Waals surface area contributed by atoms with Crippen LogP contribution in [0.1, 0.15) is 42.7 Å². The number of piperidine rings is 1. The van der Waals surface area contributed by atoms with Crippen molar-refractivity contribution in [1.82, 2.24) is 19.6 Å². The van der Waals surface area contributed by atoms with Crippen molar-refractivity contribution >= 4 is 5.91 Å². The van der Waals surface area contributed by atoms with Crippen molar-refractivity contribution in [3.05, 3.63) is 58.0 Å². The molecule has 3 rings (SSSR count). The molecule has 1 aliphatic heterocycles. The minimum atomic E-state index is -0.214. The number of ether oxygens (including phenoxy) is 1. The Morgan fingerprint density at radius 2 is 1.90 bits per heavy atom. The number of nitrogens with zero attached hydrogens (tertiary/aromatic N) is 4. The molecule has 1 aromatic carbocycles. The van der Waals surface area contributed by atoms with E-state index in [9.17, 15) is 9.59 Å². The van der Waals surface area contributed by atoms with Gasteiger partial charge in [0.05, 0.1) is 7.11 Å². The van der Waals surface area contributed by atoms with Crippen LogP contribution in [0.5, 0.6) is 5.75 Å². The highest BCUT2D eigenvalue weighted by Gasteiger charge is 2.26. The summed E-state index contributed by atoms with van der Waals surface area (Å²) in [7, 11) is 3.29. The van der Waals surface area contributed by atoms with E-state index in [-0.39, 0.29) is 11.5 Å². The van der Waals surface area contributed by atoms with Crippen LogP contribution in [0.4, 0.5) is 0 Å². The Bertz CT molecular complexity index is 932. The smallest absolute Gasteiger partial charge is 0.274 e. The molecule has 1 aliphatic rings. The van der Waals surface area contributed by atoms with Crippen molar-refractivity contribution in [2.24, 2.45) is 18.9 Å². The molecule has 0 N–H and O–H groups in total. The van der Waals surface area contributed by atoms with Crippen LogP contribution in [-0.4, -0.2) is 58.8 Å². The van der Waals surface area contributed by atoms with E-state index in [2.05, 4.69) is 29.9 Å². The highest BCUT2D eigenvalue weighted by atomic mass is 16.5. The monoisotopic (exact) mass is 426 g/mol. The Hall–Kier alpha value is -2.67. The van der Waals surface area contributed by atoms with E-state index < -0.39 is 0 Å². The number of likely N-dealkylation sites (tertiary alicyclic amines) is 1. The summed E-state index contributed by atoms with van der Waals surface area (Å²) in [5.74, 6) is 1.66. The lowest BCUT2D eigenvalue weighted by molar-refractivity contribution is 0.0655. The molecule has 7 nitrogen and oxygen atoms in total. The van der Waals surface area contributed by atoms with Gasteiger partial charge in [-0.3, -0.25) is 14.5 Å². The first-order chi connectivity index (χ1) is 14.9. The molecule has 2 heterocycles. The quantitative estimate of drug-likeness (QED) is 0.649. The van der Waals surface area contributed by atoms with Crippen LogP contribution in [0.3, 0.4) is 0 Å². The number of aryl methyl sites for hydroxylation is 1. The molecule has 1 fully saturated rings. The highest BCUT2D eigenvalue weighted by molar-refractivity contribution is 5.92. The van der Waals surface area contributed by atoms with Gasteiger partial charge >= 0.3 is 0 Å². The zero-order valence-electron chi connectivity index (χ0n) is 19.1. The Balaban J connectivity index is 1.60. The first kappa shape index (κ1) is 23.0. The largest absolute Gasteiger partial charge is 0.496 e. The highest BCUT2D eigenvalue weighted by Crippen LogP contribution is 2.24. The maximum absolute atomic E-state index is 13.1. The molecule has 1 amide bonds. The predicted molar refractivity (Wildman–Crippen MR) is 121 cm³/mol. The fourth-order valence-corrected chi connectivity index (χ4v) is 4.17. The summed E-state index contributed by atoms with van der Waals surface area (Å²) in [5, 5.41) is 4.16. The second-order valence-corrected chi connectivity index (χ2v) is 8.82. The molecule has 1 saturated heterocycles. The molecule has 7 heteroatoms. The van der Waals surface area contributed by atoms with Crippen LogP contribution < -0.4 is 10.3 Å². The Morgan fingerprint density at radius 1 is 1.19 bits per heavy atom. The molecule has 0 spiro atoms. The lowest BCUT2D eigenvalue weighted by Crippen LogP contribution is -2.42. The Morgan fingerprint density at radius 3 is 2.55 bits per heavy atom. The van der Waals surface area contributed by atoms with Gasteiger partial charge in [-0.15, -0.1) is 0 Å². The average molecular weight is 427 g/mol. The van der Waals surface area contributed by atoms with Gasteiger partial charge in [0.2, 0.25) is 0 Å². The van der Waals surface area contributed by atoms with Gasteiger partial charge in [0.1, 0.15) is 11.4 Å². The third-order valence-corrected chi connectivity index (χ3v) is 5.82. The zero-order valence-corrected chi connectivity index (χ0v) is 19.1. The second-order valence-electron chi connectivity index (χ2n) is 8.82. The van der Waals surface area contributed by atoms with Crippen LogP contribution >= 0.6 is 0 Å². The van der Waals surface area contributed by atoms with Crippen LogP contribution in [0.15, 0.2) is 41.2 Å². The summed E-state index contributed by atoms with van der Waals surface area (Å²) in [6.45, 7) is 8.53. The summed E-state index contributed by atoms with van der Waals surface area (Å²) in [4.78, 5) is 29.1. The topological polar surface area (TPSA) is 67.7 Å². The summed E-state index contributed by atoms with van der Waals surface area (Å²) >= 11 is 0. The van der Waals surface area contributed by atoms with E-state index in [0.717, 1.165) is 44.8 Å². The standard InChI is InChI=1S/C24H34N4O3/c1-18(2)15-28(24(30)21-9-10-23(29)26(3)25-21)16-19-11-13-27(14-12-19)17-20-7-5-6-8-22(20)31-4/h5-10,18-19H,11-17H2,1-4H3. The number of carbonyl (C=O) groups is 1. The summed E-state index contributed by atoms with van der Waals surface area (Å²) in [6.07, 6.45) is 2.11. The van der Waals surface area contributed by atoms with Gasteiger partial charge in [0.15, 0.2) is 0 Å². The molecule has 2 aromatic rings.